The van der Waals surface area contributed by atoms with Crippen LogP contribution in [0.4, 0.5) is 0 Å². The molecule has 0 heterocycles. The third-order valence-corrected chi connectivity index (χ3v) is 9.07. The first-order valence-electron chi connectivity index (χ1n) is 19.5. The van der Waals surface area contributed by atoms with E-state index < -0.39 is 51.1 Å². The quantitative estimate of drug-likeness (QED) is 0.0241. The molecule has 0 rings (SSSR count). The summed E-state index contributed by atoms with van der Waals surface area (Å²) in [6.07, 6.45) is 35.2. The first kappa shape index (κ1) is 48.7. The number of rotatable bonds is 36. The lowest BCUT2D eigenvalue weighted by Crippen LogP contribution is -2.34. The number of hydrogen-bond acceptors (Lipinski definition) is 9. The summed E-state index contributed by atoms with van der Waals surface area (Å²) >= 11 is 0. The Morgan fingerprint density at radius 1 is 0.608 bits per heavy atom. The Labute approximate surface area is 308 Å². The lowest BCUT2D eigenvalue weighted by atomic mass is 10.1. The molecule has 12 heteroatoms. The van der Waals surface area contributed by atoms with Gasteiger partial charge in [0.15, 0.2) is 6.10 Å². The number of phosphoric ester groups is 1. The minimum Gasteiger partial charge on any atom is -0.480 e. The van der Waals surface area contributed by atoms with Gasteiger partial charge in [0, 0.05) is 12.8 Å². The Balaban J connectivity index is 4.53. The van der Waals surface area contributed by atoms with Gasteiger partial charge < -0.3 is 25.2 Å². The van der Waals surface area contributed by atoms with Gasteiger partial charge in [-0.05, 0) is 57.8 Å². The Bertz CT molecular complexity index is 1020. The lowest BCUT2D eigenvalue weighted by Gasteiger charge is -2.20. The van der Waals surface area contributed by atoms with Gasteiger partial charge in [0.25, 0.3) is 0 Å². The van der Waals surface area contributed by atoms with Crippen LogP contribution in [0.15, 0.2) is 36.5 Å². The van der Waals surface area contributed by atoms with E-state index in [4.69, 9.17) is 24.8 Å². The van der Waals surface area contributed by atoms with Crippen molar-refractivity contribution in [3.8, 4) is 0 Å². The van der Waals surface area contributed by atoms with E-state index in [0.29, 0.717) is 12.8 Å². The first-order chi connectivity index (χ1) is 24.6. The standard InChI is InChI=1S/C39H70NO10P/c1-3-5-7-9-11-13-15-17-19-20-22-24-26-28-30-37(41)47-32-35(33-48-51(45,46)49-34-36(40)39(43)44)50-38(42)31-29-27-25-23-21-18-16-14-12-10-8-6-4-2/h18-21,25,27,35-36H,3-17,22-24,26,28-34,40H2,1-2H3,(H,43,44)(H,45,46)/b20-19+,21-18+,27-25+/t35?,36-/m0/s1. The van der Waals surface area contributed by atoms with Gasteiger partial charge in [-0.1, -0.05) is 127 Å². The minimum absolute atomic E-state index is 0.0522. The van der Waals surface area contributed by atoms with E-state index >= 15 is 0 Å². The van der Waals surface area contributed by atoms with Crippen molar-refractivity contribution in [1.29, 1.82) is 0 Å². The molecular formula is C39H70NO10P. The number of unbranched alkanes of at least 4 members (excludes halogenated alkanes) is 16. The molecule has 0 saturated carbocycles. The van der Waals surface area contributed by atoms with Crippen LogP contribution in [0.3, 0.4) is 0 Å². The number of allylic oxidation sites excluding steroid dienone is 6. The third-order valence-electron chi connectivity index (χ3n) is 8.12. The van der Waals surface area contributed by atoms with Gasteiger partial charge in [-0.15, -0.1) is 0 Å². The smallest absolute Gasteiger partial charge is 0.472 e. The second-order valence-electron chi connectivity index (χ2n) is 13.1. The molecule has 0 bridgehead atoms. The molecule has 0 aromatic heterocycles. The second kappa shape index (κ2) is 34.8. The summed E-state index contributed by atoms with van der Waals surface area (Å²) in [6, 6.07) is -1.53. The molecule has 0 aliphatic heterocycles. The number of nitrogens with two attached hydrogens (primary N) is 1. The van der Waals surface area contributed by atoms with Crippen molar-refractivity contribution < 1.29 is 47.5 Å². The zero-order valence-corrected chi connectivity index (χ0v) is 32.6. The van der Waals surface area contributed by atoms with Crippen LogP contribution in [0, 0.1) is 0 Å². The molecule has 0 fully saturated rings. The molecule has 11 nitrogen and oxygen atoms in total. The van der Waals surface area contributed by atoms with Gasteiger partial charge in [0.05, 0.1) is 13.2 Å². The maximum Gasteiger partial charge on any atom is 0.472 e. The molecule has 3 atom stereocenters. The van der Waals surface area contributed by atoms with Gasteiger partial charge in [-0.3, -0.25) is 23.4 Å². The highest BCUT2D eigenvalue weighted by atomic mass is 31.2. The number of phosphoric acid groups is 1. The van der Waals surface area contributed by atoms with Crippen molar-refractivity contribution in [2.24, 2.45) is 5.73 Å². The van der Waals surface area contributed by atoms with Crippen molar-refractivity contribution in [2.75, 3.05) is 19.8 Å². The molecule has 0 aromatic carbocycles. The highest BCUT2D eigenvalue weighted by Crippen LogP contribution is 2.43. The molecular weight excluding hydrogens is 673 g/mol. The first-order valence-corrected chi connectivity index (χ1v) is 21.0. The molecule has 51 heavy (non-hydrogen) atoms. The molecule has 0 spiro atoms. The summed E-state index contributed by atoms with van der Waals surface area (Å²) in [5, 5.41) is 8.85. The van der Waals surface area contributed by atoms with Crippen LogP contribution in [0.2, 0.25) is 0 Å². The number of carboxylic acid groups (broad SMARTS) is 1. The Kier molecular flexibility index (Phi) is 33.2. The SMILES string of the molecule is CCCCCCCC/C=C/C/C=C/CCC(=O)OC(COC(=O)CCCCC/C=C/CCCCCCCCC)COP(=O)(O)OC[C@H](N)C(=O)O. The number of carboxylic acids is 1. The number of aliphatic carboxylic acids is 1. The maximum absolute atomic E-state index is 12.5. The van der Waals surface area contributed by atoms with Crippen LogP contribution in [0.5, 0.6) is 0 Å². The fraction of sp³-hybridized carbons (Fsp3) is 0.769. The normalized spacial score (nSPS) is 14.3. The fourth-order valence-corrected chi connectivity index (χ4v) is 5.77. The molecule has 0 saturated heterocycles. The zero-order valence-electron chi connectivity index (χ0n) is 31.7. The lowest BCUT2D eigenvalue weighted by molar-refractivity contribution is -0.161. The van der Waals surface area contributed by atoms with Gasteiger partial charge >= 0.3 is 25.7 Å². The molecule has 0 aromatic rings. The molecule has 0 radical (unpaired) electrons. The number of carbonyl (C=O) groups is 3. The summed E-state index contributed by atoms with van der Waals surface area (Å²) < 4.78 is 32.5. The van der Waals surface area contributed by atoms with Crippen LogP contribution in [0.25, 0.3) is 0 Å². The molecule has 2 unspecified atom stereocenters. The van der Waals surface area contributed by atoms with Crippen LogP contribution in [-0.2, 0) is 37.5 Å². The summed E-state index contributed by atoms with van der Waals surface area (Å²) in [7, 11) is -4.73. The van der Waals surface area contributed by atoms with Crippen LogP contribution in [0.1, 0.15) is 162 Å². The van der Waals surface area contributed by atoms with Gasteiger partial charge in [0.2, 0.25) is 0 Å². The Morgan fingerprint density at radius 2 is 1.08 bits per heavy atom. The predicted octanol–water partition coefficient (Wildman–Crippen LogP) is 9.67. The minimum atomic E-state index is -4.73. The Hall–Kier alpha value is -2.30. The van der Waals surface area contributed by atoms with Crippen molar-refractivity contribution >= 4 is 25.7 Å². The molecule has 0 aliphatic rings. The zero-order chi connectivity index (χ0) is 37.8. The van der Waals surface area contributed by atoms with E-state index in [0.717, 1.165) is 38.5 Å². The molecule has 0 aliphatic carbocycles. The molecule has 4 N–H and O–H groups in total. The van der Waals surface area contributed by atoms with Crippen LogP contribution in [-0.4, -0.2) is 59.9 Å². The third kappa shape index (κ3) is 34.5. The predicted molar refractivity (Wildman–Crippen MR) is 203 cm³/mol. The number of esters is 2. The van der Waals surface area contributed by atoms with Gasteiger partial charge in [-0.25, -0.2) is 4.57 Å². The van der Waals surface area contributed by atoms with Crippen molar-refractivity contribution in [3.63, 3.8) is 0 Å². The molecule has 296 valence electrons. The van der Waals surface area contributed by atoms with E-state index in [-0.39, 0.29) is 19.4 Å². The summed E-state index contributed by atoms with van der Waals surface area (Å²) in [5.74, 6) is -2.49. The summed E-state index contributed by atoms with van der Waals surface area (Å²) in [4.78, 5) is 45.7. The Morgan fingerprint density at radius 3 is 1.63 bits per heavy atom. The number of ether oxygens (including phenoxy) is 2. The average Bonchev–Trinajstić information content (AvgIpc) is 3.10. The van der Waals surface area contributed by atoms with E-state index in [2.05, 4.69) is 42.7 Å². The van der Waals surface area contributed by atoms with Crippen molar-refractivity contribution in [2.45, 2.75) is 174 Å². The van der Waals surface area contributed by atoms with E-state index in [1.807, 2.05) is 12.2 Å². The second-order valence-corrected chi connectivity index (χ2v) is 14.5. The van der Waals surface area contributed by atoms with Crippen LogP contribution >= 0.6 is 7.82 Å². The fourth-order valence-electron chi connectivity index (χ4n) is 4.99. The van der Waals surface area contributed by atoms with E-state index in [9.17, 15) is 23.8 Å². The summed E-state index contributed by atoms with van der Waals surface area (Å²) in [5.41, 5.74) is 5.31. The van der Waals surface area contributed by atoms with Gasteiger partial charge in [0.1, 0.15) is 12.6 Å². The monoisotopic (exact) mass is 743 g/mol. The highest BCUT2D eigenvalue weighted by Gasteiger charge is 2.28. The topological polar surface area (TPSA) is 172 Å². The summed E-state index contributed by atoms with van der Waals surface area (Å²) in [6.45, 7) is 2.69. The highest BCUT2D eigenvalue weighted by molar-refractivity contribution is 7.47. The van der Waals surface area contributed by atoms with Crippen molar-refractivity contribution in [3.05, 3.63) is 36.5 Å². The van der Waals surface area contributed by atoms with Crippen molar-refractivity contribution in [1.82, 2.24) is 0 Å². The van der Waals surface area contributed by atoms with Gasteiger partial charge in [-0.2, -0.15) is 0 Å². The maximum atomic E-state index is 12.5. The number of carbonyl (C=O) groups excluding carboxylic acids is 2. The number of hydrogen-bond donors (Lipinski definition) is 3. The van der Waals surface area contributed by atoms with Crippen LogP contribution < -0.4 is 5.73 Å². The van der Waals surface area contributed by atoms with E-state index in [1.54, 1.807) is 0 Å². The molecule has 0 amide bonds. The largest absolute Gasteiger partial charge is 0.480 e. The van der Waals surface area contributed by atoms with E-state index in [1.165, 1.54) is 83.5 Å². The average molecular weight is 744 g/mol.